The highest BCUT2D eigenvalue weighted by Gasteiger charge is 2.53. The van der Waals surface area contributed by atoms with Gasteiger partial charge in [-0.3, -0.25) is 4.79 Å². The Morgan fingerprint density at radius 1 is 0.833 bits per heavy atom. The Labute approximate surface area is 140 Å². The zero-order chi connectivity index (χ0) is 17.2. The number of hydrogen-bond donors (Lipinski definition) is 0. The molecule has 122 valence electrons. The molecule has 24 heavy (non-hydrogen) atoms. The lowest BCUT2D eigenvalue weighted by atomic mass is 10.1. The van der Waals surface area contributed by atoms with Gasteiger partial charge in [0.1, 0.15) is 10.9 Å². The molecule has 0 fully saturated rings. The number of fused-ring (bicyclic) bond motifs is 1. The predicted molar refractivity (Wildman–Crippen MR) is 91.3 cm³/mol. The summed E-state index contributed by atoms with van der Waals surface area (Å²) in [5.74, 6) is -1.06. The van der Waals surface area contributed by atoms with Crippen molar-refractivity contribution in [3.05, 3.63) is 78.4 Å². The van der Waals surface area contributed by atoms with Crippen LogP contribution in [0, 0.1) is 0 Å². The zero-order valence-electron chi connectivity index (χ0n) is 12.6. The van der Waals surface area contributed by atoms with Gasteiger partial charge in [0.25, 0.3) is 0 Å². The zero-order valence-corrected chi connectivity index (χ0v) is 13.4. The van der Waals surface area contributed by atoms with Crippen LogP contribution in [0.2, 0.25) is 0 Å². The SMILES string of the molecule is O=C(C[S+](c1ccccc1)C(F)(F)F)c1ccc2ccccc2c1. The van der Waals surface area contributed by atoms with E-state index in [1.54, 1.807) is 36.4 Å². The fourth-order valence-electron chi connectivity index (χ4n) is 2.46. The second kappa shape index (κ2) is 6.69. The molecule has 1 nitrogen and oxygen atoms in total. The molecule has 0 radical (unpaired) electrons. The van der Waals surface area contributed by atoms with E-state index < -0.39 is 27.9 Å². The van der Waals surface area contributed by atoms with Crippen molar-refractivity contribution in [1.82, 2.24) is 0 Å². The molecule has 1 atom stereocenters. The third-order valence-electron chi connectivity index (χ3n) is 3.65. The lowest BCUT2D eigenvalue weighted by molar-refractivity contribution is -0.0369. The maximum atomic E-state index is 13.4. The van der Waals surface area contributed by atoms with Crippen molar-refractivity contribution in [2.24, 2.45) is 0 Å². The Balaban J connectivity index is 1.90. The largest absolute Gasteiger partial charge is 0.580 e. The molecule has 0 aliphatic carbocycles. The summed E-state index contributed by atoms with van der Waals surface area (Å²) < 4.78 is 40.2. The van der Waals surface area contributed by atoms with Gasteiger partial charge in [-0.25, -0.2) is 0 Å². The van der Waals surface area contributed by atoms with Crippen LogP contribution in [0.4, 0.5) is 13.2 Å². The highest BCUT2D eigenvalue weighted by Crippen LogP contribution is 2.33. The fourth-order valence-corrected chi connectivity index (χ4v) is 3.97. The minimum absolute atomic E-state index is 0.138. The Bertz CT molecular complexity index is 859. The quantitative estimate of drug-likeness (QED) is 0.467. The van der Waals surface area contributed by atoms with E-state index in [9.17, 15) is 18.0 Å². The Morgan fingerprint density at radius 2 is 1.46 bits per heavy atom. The van der Waals surface area contributed by atoms with Crippen LogP contribution >= 0.6 is 0 Å². The van der Waals surface area contributed by atoms with Crippen LogP contribution in [0.5, 0.6) is 0 Å². The van der Waals surface area contributed by atoms with Gasteiger partial charge in [-0.1, -0.05) is 54.6 Å². The van der Waals surface area contributed by atoms with E-state index in [1.807, 2.05) is 24.3 Å². The average molecular weight is 347 g/mol. The molecule has 0 aliphatic rings. The van der Waals surface area contributed by atoms with Crippen molar-refractivity contribution >= 4 is 27.5 Å². The van der Waals surface area contributed by atoms with Crippen LogP contribution in [-0.4, -0.2) is 17.0 Å². The van der Waals surface area contributed by atoms with Crippen LogP contribution in [0.3, 0.4) is 0 Å². The first-order valence-electron chi connectivity index (χ1n) is 7.30. The topological polar surface area (TPSA) is 17.1 Å². The van der Waals surface area contributed by atoms with Gasteiger partial charge in [-0.05, 0) is 29.0 Å². The van der Waals surface area contributed by atoms with Gasteiger partial charge in [0.2, 0.25) is 5.78 Å². The van der Waals surface area contributed by atoms with Gasteiger partial charge in [-0.15, -0.1) is 13.2 Å². The van der Waals surface area contributed by atoms with Gasteiger partial charge >= 0.3 is 5.51 Å². The van der Waals surface area contributed by atoms with E-state index in [2.05, 4.69) is 0 Å². The van der Waals surface area contributed by atoms with E-state index in [-0.39, 0.29) is 4.90 Å². The standard InChI is InChI=1S/C19H14F3OS/c20-19(21,22)24(17-8-2-1-3-9-17)13-18(23)16-11-10-14-6-4-5-7-15(14)12-16/h1-12H,13H2/q+1. The number of alkyl halides is 3. The van der Waals surface area contributed by atoms with Crippen molar-refractivity contribution in [3.63, 3.8) is 0 Å². The number of ketones is 1. The van der Waals surface area contributed by atoms with E-state index in [1.165, 1.54) is 12.1 Å². The molecule has 5 heteroatoms. The number of halogens is 3. The smallest absolute Gasteiger partial charge is 0.289 e. The minimum atomic E-state index is -4.44. The first kappa shape index (κ1) is 16.6. The van der Waals surface area contributed by atoms with E-state index >= 15 is 0 Å². The lowest BCUT2D eigenvalue weighted by Crippen LogP contribution is -2.30. The van der Waals surface area contributed by atoms with E-state index in [0.717, 1.165) is 10.8 Å². The maximum Gasteiger partial charge on any atom is 0.580 e. The Morgan fingerprint density at radius 3 is 2.12 bits per heavy atom. The van der Waals surface area contributed by atoms with Gasteiger partial charge in [0.15, 0.2) is 10.6 Å². The number of carbonyl (C=O) groups is 1. The molecule has 3 rings (SSSR count). The van der Waals surface area contributed by atoms with E-state index in [0.29, 0.717) is 5.56 Å². The Hall–Kier alpha value is -2.27. The molecule has 1 unspecified atom stereocenters. The predicted octanol–water partition coefficient (Wildman–Crippen LogP) is 5.22. The fraction of sp³-hybridized carbons (Fsp3) is 0.105. The second-order valence-electron chi connectivity index (χ2n) is 5.28. The summed E-state index contributed by atoms with van der Waals surface area (Å²) in [6.07, 6.45) is 0. The molecule has 0 aromatic heterocycles. The van der Waals surface area contributed by atoms with Crippen molar-refractivity contribution in [2.45, 2.75) is 10.4 Å². The van der Waals surface area contributed by atoms with Gasteiger partial charge in [0, 0.05) is 5.56 Å². The van der Waals surface area contributed by atoms with Crippen LogP contribution in [0.15, 0.2) is 77.7 Å². The molecule has 0 heterocycles. The minimum Gasteiger partial charge on any atom is -0.289 e. The third kappa shape index (κ3) is 3.62. The molecule has 0 spiro atoms. The summed E-state index contributed by atoms with van der Waals surface area (Å²) in [7, 11) is -2.12. The van der Waals surface area contributed by atoms with Gasteiger partial charge < -0.3 is 0 Å². The molecule has 0 saturated carbocycles. The van der Waals surface area contributed by atoms with Crippen LogP contribution in [0.25, 0.3) is 10.8 Å². The lowest BCUT2D eigenvalue weighted by Gasteiger charge is -2.10. The first-order chi connectivity index (χ1) is 11.4. The number of rotatable bonds is 4. The summed E-state index contributed by atoms with van der Waals surface area (Å²) in [6.45, 7) is 0. The molecule has 3 aromatic rings. The number of Topliss-reactive ketones (excluding diaryl/α,β-unsaturated/α-hetero) is 1. The third-order valence-corrected chi connectivity index (χ3v) is 5.60. The molecule has 0 N–H and O–H groups in total. The van der Waals surface area contributed by atoms with Gasteiger partial charge in [-0.2, -0.15) is 0 Å². The van der Waals surface area contributed by atoms with Crippen LogP contribution < -0.4 is 0 Å². The molecule has 0 aliphatic heterocycles. The first-order valence-corrected chi connectivity index (χ1v) is 8.69. The summed E-state index contributed by atoms with van der Waals surface area (Å²) >= 11 is 0. The molecule has 0 amide bonds. The van der Waals surface area contributed by atoms with Crippen molar-refractivity contribution in [3.8, 4) is 0 Å². The van der Waals surface area contributed by atoms with Crippen molar-refractivity contribution in [1.29, 1.82) is 0 Å². The number of carbonyl (C=O) groups excluding carboxylic acids is 1. The Kier molecular flexibility index (Phi) is 4.62. The molecular weight excluding hydrogens is 333 g/mol. The summed E-state index contributed by atoms with van der Waals surface area (Å²) in [6, 6.07) is 20.1. The second-order valence-corrected chi connectivity index (χ2v) is 7.28. The van der Waals surface area contributed by atoms with E-state index in [4.69, 9.17) is 0 Å². The van der Waals surface area contributed by atoms with Crippen LogP contribution in [-0.2, 0) is 10.9 Å². The molecule has 0 saturated heterocycles. The number of hydrogen-bond acceptors (Lipinski definition) is 1. The summed E-state index contributed by atoms with van der Waals surface area (Å²) in [4.78, 5) is 12.6. The number of benzene rings is 3. The van der Waals surface area contributed by atoms with Crippen molar-refractivity contribution in [2.75, 3.05) is 5.75 Å². The highest BCUT2D eigenvalue weighted by atomic mass is 32.2. The summed E-state index contributed by atoms with van der Waals surface area (Å²) in [5, 5.41) is 1.79. The molecule has 3 aromatic carbocycles. The monoisotopic (exact) mass is 347 g/mol. The van der Waals surface area contributed by atoms with Gasteiger partial charge in [0.05, 0.1) is 0 Å². The average Bonchev–Trinajstić information content (AvgIpc) is 2.58. The molecule has 0 bridgehead atoms. The summed E-state index contributed by atoms with van der Waals surface area (Å²) in [5.41, 5.74) is -4.13. The normalized spacial score (nSPS) is 13.0. The van der Waals surface area contributed by atoms with Crippen LogP contribution in [0.1, 0.15) is 10.4 Å². The molecular formula is C19H14F3OS+. The maximum absolute atomic E-state index is 13.4. The van der Waals surface area contributed by atoms with Crippen molar-refractivity contribution < 1.29 is 18.0 Å². The highest BCUT2D eigenvalue weighted by molar-refractivity contribution is 7.98.